The Hall–Kier alpha value is -1.88. The highest BCUT2D eigenvalue weighted by atomic mass is 35.5. The molecule has 1 saturated heterocycles. The lowest BCUT2D eigenvalue weighted by Gasteiger charge is -2.33. The van der Waals surface area contributed by atoms with Gasteiger partial charge in [-0.15, -0.1) is 24.8 Å². The SMILES string of the molecule is Cl.Cl.NCCC(=O)N1CCN(Cc2nc(-c3cccc(C(F)(F)F)c3)no2)CC1. The molecular formula is C17H22Cl2F3N5O2. The van der Waals surface area contributed by atoms with E-state index in [-0.39, 0.29) is 42.1 Å². The van der Waals surface area contributed by atoms with E-state index in [0.717, 1.165) is 12.1 Å². The van der Waals surface area contributed by atoms with Crippen LogP contribution >= 0.6 is 24.8 Å². The van der Waals surface area contributed by atoms with Crippen molar-refractivity contribution < 1.29 is 22.5 Å². The number of amides is 1. The van der Waals surface area contributed by atoms with Gasteiger partial charge in [0, 0.05) is 44.7 Å². The van der Waals surface area contributed by atoms with Crippen LogP contribution in [0.3, 0.4) is 0 Å². The van der Waals surface area contributed by atoms with Crippen LogP contribution in [0, 0.1) is 0 Å². The summed E-state index contributed by atoms with van der Waals surface area (Å²) < 4.78 is 43.7. The van der Waals surface area contributed by atoms with E-state index in [1.807, 2.05) is 0 Å². The molecule has 0 unspecified atom stereocenters. The zero-order chi connectivity index (χ0) is 19.4. The van der Waals surface area contributed by atoms with Gasteiger partial charge in [-0.3, -0.25) is 9.69 Å². The predicted octanol–water partition coefficient (Wildman–Crippen LogP) is 2.59. The van der Waals surface area contributed by atoms with E-state index in [2.05, 4.69) is 15.0 Å². The van der Waals surface area contributed by atoms with Crippen molar-refractivity contribution in [2.45, 2.75) is 19.1 Å². The van der Waals surface area contributed by atoms with Crippen molar-refractivity contribution in [3.8, 4) is 11.4 Å². The number of piperazine rings is 1. The fourth-order valence-electron chi connectivity index (χ4n) is 2.90. The van der Waals surface area contributed by atoms with E-state index in [1.54, 1.807) is 4.90 Å². The van der Waals surface area contributed by atoms with Crippen molar-refractivity contribution >= 4 is 30.7 Å². The first kappa shape index (κ1) is 25.2. The van der Waals surface area contributed by atoms with Gasteiger partial charge < -0.3 is 15.2 Å². The normalized spacial score (nSPS) is 14.8. The summed E-state index contributed by atoms with van der Waals surface area (Å²) in [6, 6.07) is 4.81. The standard InChI is InChI=1S/C17H20F3N5O2.2ClH/c18-17(19,20)13-3-1-2-12(10-13)16-22-14(27-23-16)11-24-6-8-25(9-7-24)15(26)4-5-21;;/h1-3,10H,4-9,11,21H2;2*1H. The van der Waals surface area contributed by atoms with E-state index in [1.165, 1.54) is 12.1 Å². The molecule has 1 aromatic carbocycles. The Balaban J connectivity index is 0.00000210. The van der Waals surface area contributed by atoms with Crippen LogP contribution in [0.2, 0.25) is 0 Å². The first-order chi connectivity index (χ1) is 12.9. The molecule has 0 aliphatic carbocycles. The summed E-state index contributed by atoms with van der Waals surface area (Å²) in [7, 11) is 0. The fourth-order valence-corrected chi connectivity index (χ4v) is 2.90. The maximum Gasteiger partial charge on any atom is 0.416 e. The number of aromatic nitrogens is 2. The third-order valence-electron chi connectivity index (χ3n) is 4.36. The van der Waals surface area contributed by atoms with Crippen molar-refractivity contribution in [3.05, 3.63) is 35.7 Å². The maximum atomic E-state index is 12.8. The summed E-state index contributed by atoms with van der Waals surface area (Å²) in [5.41, 5.74) is 4.89. The number of nitrogens with two attached hydrogens (primary N) is 1. The topological polar surface area (TPSA) is 88.5 Å². The van der Waals surface area contributed by atoms with Crippen molar-refractivity contribution in [1.82, 2.24) is 19.9 Å². The summed E-state index contributed by atoms with van der Waals surface area (Å²) in [6.07, 6.45) is -4.09. The number of alkyl halides is 3. The van der Waals surface area contributed by atoms with Gasteiger partial charge in [-0.2, -0.15) is 18.2 Å². The van der Waals surface area contributed by atoms with Gasteiger partial charge in [0.2, 0.25) is 17.6 Å². The third kappa shape index (κ3) is 6.56. The van der Waals surface area contributed by atoms with Gasteiger partial charge in [0.15, 0.2) is 0 Å². The van der Waals surface area contributed by atoms with E-state index < -0.39 is 11.7 Å². The van der Waals surface area contributed by atoms with Crippen LogP contribution in [-0.4, -0.2) is 58.6 Å². The summed E-state index contributed by atoms with van der Waals surface area (Å²) in [6.45, 7) is 3.19. The molecule has 1 aliphatic heterocycles. The van der Waals surface area contributed by atoms with Crippen molar-refractivity contribution in [1.29, 1.82) is 0 Å². The molecule has 7 nitrogen and oxygen atoms in total. The maximum absolute atomic E-state index is 12.8. The Bertz CT molecular complexity index is 795. The first-order valence-electron chi connectivity index (χ1n) is 8.57. The van der Waals surface area contributed by atoms with E-state index in [9.17, 15) is 18.0 Å². The average molecular weight is 456 g/mol. The molecule has 0 atom stereocenters. The number of hydrogen-bond acceptors (Lipinski definition) is 6. The fraction of sp³-hybridized carbons (Fsp3) is 0.471. The number of halogens is 5. The molecule has 12 heteroatoms. The predicted molar refractivity (Wildman–Crippen MR) is 105 cm³/mol. The largest absolute Gasteiger partial charge is 0.416 e. The lowest BCUT2D eigenvalue weighted by molar-refractivity contribution is -0.137. The Morgan fingerprint density at radius 1 is 1.17 bits per heavy atom. The zero-order valence-electron chi connectivity index (χ0n) is 15.4. The van der Waals surface area contributed by atoms with Gasteiger partial charge in [0.25, 0.3) is 0 Å². The lowest BCUT2D eigenvalue weighted by Crippen LogP contribution is -2.48. The first-order valence-corrected chi connectivity index (χ1v) is 8.57. The summed E-state index contributed by atoms with van der Waals surface area (Å²) >= 11 is 0. The van der Waals surface area contributed by atoms with Gasteiger partial charge in [-0.1, -0.05) is 17.3 Å². The molecule has 0 bridgehead atoms. The van der Waals surface area contributed by atoms with E-state index in [4.69, 9.17) is 10.3 Å². The van der Waals surface area contributed by atoms with Crippen LogP contribution in [0.1, 0.15) is 17.9 Å². The van der Waals surface area contributed by atoms with Gasteiger partial charge in [-0.25, -0.2) is 0 Å². The van der Waals surface area contributed by atoms with Crippen molar-refractivity contribution in [2.75, 3.05) is 32.7 Å². The van der Waals surface area contributed by atoms with Crippen LogP contribution in [0.25, 0.3) is 11.4 Å². The highest BCUT2D eigenvalue weighted by Crippen LogP contribution is 2.31. The summed E-state index contributed by atoms with van der Waals surface area (Å²) in [4.78, 5) is 19.8. The molecule has 29 heavy (non-hydrogen) atoms. The molecule has 2 N–H and O–H groups in total. The lowest BCUT2D eigenvalue weighted by atomic mass is 10.1. The van der Waals surface area contributed by atoms with Crippen LogP contribution in [-0.2, 0) is 17.5 Å². The number of hydrogen-bond donors (Lipinski definition) is 1. The van der Waals surface area contributed by atoms with Crippen molar-refractivity contribution in [3.63, 3.8) is 0 Å². The van der Waals surface area contributed by atoms with Gasteiger partial charge in [0.05, 0.1) is 12.1 Å². The van der Waals surface area contributed by atoms with Gasteiger partial charge in [-0.05, 0) is 12.1 Å². The third-order valence-corrected chi connectivity index (χ3v) is 4.36. The Morgan fingerprint density at radius 2 is 1.86 bits per heavy atom. The molecule has 162 valence electrons. The van der Waals surface area contributed by atoms with Crippen LogP contribution < -0.4 is 5.73 Å². The molecule has 1 aliphatic rings. The smallest absolute Gasteiger partial charge is 0.340 e. The molecule has 1 amide bonds. The molecule has 2 aromatic rings. The quantitative estimate of drug-likeness (QED) is 0.745. The number of carbonyl (C=O) groups excluding carboxylic acids is 1. The van der Waals surface area contributed by atoms with Crippen LogP contribution in [0.5, 0.6) is 0 Å². The Kier molecular flexibility index (Phi) is 9.34. The van der Waals surface area contributed by atoms with E-state index >= 15 is 0 Å². The minimum atomic E-state index is -4.43. The second-order valence-electron chi connectivity index (χ2n) is 6.29. The molecule has 1 aromatic heterocycles. The zero-order valence-corrected chi connectivity index (χ0v) is 17.0. The molecule has 0 radical (unpaired) electrons. The second kappa shape index (κ2) is 10.8. The molecule has 2 heterocycles. The minimum Gasteiger partial charge on any atom is -0.340 e. The molecular weight excluding hydrogens is 434 g/mol. The van der Waals surface area contributed by atoms with Gasteiger partial charge in [0.1, 0.15) is 0 Å². The molecule has 1 fully saturated rings. The van der Waals surface area contributed by atoms with Crippen LogP contribution in [0.15, 0.2) is 28.8 Å². The summed E-state index contributed by atoms with van der Waals surface area (Å²) in [5.74, 6) is 0.485. The number of rotatable bonds is 5. The highest BCUT2D eigenvalue weighted by Gasteiger charge is 2.31. The number of benzene rings is 1. The highest BCUT2D eigenvalue weighted by molar-refractivity contribution is 5.85. The monoisotopic (exact) mass is 455 g/mol. The Labute approximate surface area is 178 Å². The molecule has 0 spiro atoms. The minimum absolute atomic E-state index is 0. The molecule has 0 saturated carbocycles. The summed E-state index contributed by atoms with van der Waals surface area (Å²) in [5, 5.41) is 3.78. The molecule has 3 rings (SSSR count). The van der Waals surface area contributed by atoms with E-state index in [0.29, 0.717) is 51.6 Å². The van der Waals surface area contributed by atoms with Crippen molar-refractivity contribution in [2.24, 2.45) is 5.73 Å². The van der Waals surface area contributed by atoms with Crippen LogP contribution in [0.4, 0.5) is 13.2 Å². The Morgan fingerprint density at radius 3 is 2.48 bits per heavy atom. The van der Waals surface area contributed by atoms with Gasteiger partial charge >= 0.3 is 6.18 Å². The average Bonchev–Trinajstić information content (AvgIpc) is 3.10. The second-order valence-corrected chi connectivity index (χ2v) is 6.29. The number of nitrogens with zero attached hydrogens (tertiary/aromatic N) is 4. The number of carbonyl (C=O) groups is 1.